The fourth-order valence-electron chi connectivity index (χ4n) is 4.62. The molecule has 1 atom stereocenters. The lowest BCUT2D eigenvalue weighted by atomic mass is 9.69. The van der Waals surface area contributed by atoms with Crippen LogP contribution in [0, 0.1) is 5.92 Å². The second kappa shape index (κ2) is 4.92. The van der Waals surface area contributed by atoms with Crippen molar-refractivity contribution in [3.63, 3.8) is 0 Å². The van der Waals surface area contributed by atoms with Gasteiger partial charge in [0.25, 0.3) is 5.56 Å². The van der Waals surface area contributed by atoms with Crippen LogP contribution < -0.4 is 10.9 Å². The number of aromatic nitrogens is 2. The van der Waals surface area contributed by atoms with Crippen molar-refractivity contribution in [2.75, 3.05) is 26.2 Å². The molecule has 2 N–H and O–H groups in total. The first-order valence-corrected chi connectivity index (χ1v) is 8.25. The van der Waals surface area contributed by atoms with E-state index in [1.807, 2.05) is 6.92 Å². The first kappa shape index (κ1) is 13.5. The molecule has 1 aromatic rings. The summed E-state index contributed by atoms with van der Waals surface area (Å²) in [7, 11) is 0. The lowest BCUT2D eigenvalue weighted by molar-refractivity contribution is 0.135. The quantitative estimate of drug-likeness (QED) is 0.858. The number of fused-ring (bicyclic) bond motifs is 1. The molecule has 0 radical (unpaired) electrons. The van der Waals surface area contributed by atoms with Gasteiger partial charge in [0.2, 0.25) is 0 Å². The van der Waals surface area contributed by atoms with Gasteiger partial charge in [-0.25, -0.2) is 4.98 Å². The summed E-state index contributed by atoms with van der Waals surface area (Å²) in [6.07, 6.45) is 6.12. The van der Waals surface area contributed by atoms with E-state index in [9.17, 15) is 4.79 Å². The van der Waals surface area contributed by atoms with Gasteiger partial charge in [-0.3, -0.25) is 9.69 Å². The van der Waals surface area contributed by atoms with E-state index in [2.05, 4.69) is 20.2 Å². The predicted molar refractivity (Wildman–Crippen MR) is 81.5 cm³/mol. The molecule has 114 valence electrons. The van der Waals surface area contributed by atoms with Gasteiger partial charge in [0.15, 0.2) is 0 Å². The van der Waals surface area contributed by atoms with Crippen molar-refractivity contribution in [1.82, 2.24) is 20.2 Å². The second-order valence-corrected chi connectivity index (χ2v) is 6.95. The van der Waals surface area contributed by atoms with Crippen LogP contribution in [0.1, 0.15) is 37.6 Å². The van der Waals surface area contributed by atoms with Crippen molar-refractivity contribution in [3.05, 3.63) is 27.9 Å². The van der Waals surface area contributed by atoms with E-state index in [0.717, 1.165) is 49.9 Å². The second-order valence-electron chi connectivity index (χ2n) is 6.95. The van der Waals surface area contributed by atoms with Crippen LogP contribution in [0.4, 0.5) is 0 Å². The molecule has 2 heterocycles. The molecule has 5 heteroatoms. The smallest absolute Gasteiger partial charge is 0.254 e. The minimum absolute atomic E-state index is 0.0611. The summed E-state index contributed by atoms with van der Waals surface area (Å²) in [5.41, 5.74) is 1.01. The topological polar surface area (TPSA) is 61.0 Å². The van der Waals surface area contributed by atoms with E-state index < -0.39 is 0 Å². The summed E-state index contributed by atoms with van der Waals surface area (Å²) in [6, 6.07) is 0.697. The Labute approximate surface area is 125 Å². The zero-order valence-electron chi connectivity index (χ0n) is 12.7. The van der Waals surface area contributed by atoms with E-state index in [4.69, 9.17) is 0 Å². The van der Waals surface area contributed by atoms with E-state index in [-0.39, 0.29) is 11.0 Å². The molecule has 0 amide bonds. The normalized spacial score (nSPS) is 35.7. The standard InChI is InChI=1S/C16H24N4O/c1-2-11-10-18-15(19-14(11)21)16-7-12(8-16)13(9-16)20-5-3-17-4-6-20/h10,12-13,17H,2-9H2,1H3,(H,18,19,21). The van der Waals surface area contributed by atoms with Gasteiger partial charge in [-0.1, -0.05) is 6.92 Å². The molecule has 0 aromatic carbocycles. The Morgan fingerprint density at radius 1 is 1.33 bits per heavy atom. The van der Waals surface area contributed by atoms with Crippen molar-refractivity contribution >= 4 is 0 Å². The first-order valence-electron chi connectivity index (χ1n) is 8.25. The van der Waals surface area contributed by atoms with E-state index in [1.165, 1.54) is 19.3 Å². The Morgan fingerprint density at radius 3 is 2.76 bits per heavy atom. The number of nitrogens with zero attached hydrogens (tertiary/aromatic N) is 2. The molecule has 21 heavy (non-hydrogen) atoms. The third-order valence-electron chi connectivity index (χ3n) is 5.83. The van der Waals surface area contributed by atoms with Crippen LogP contribution in [0.3, 0.4) is 0 Å². The minimum atomic E-state index is 0.0611. The van der Waals surface area contributed by atoms with Gasteiger partial charge < -0.3 is 10.3 Å². The highest BCUT2D eigenvalue weighted by Gasteiger charge is 2.59. The number of hydrogen-bond acceptors (Lipinski definition) is 4. The fraction of sp³-hybridized carbons (Fsp3) is 0.750. The highest BCUT2D eigenvalue weighted by molar-refractivity contribution is 5.25. The van der Waals surface area contributed by atoms with E-state index in [1.54, 1.807) is 6.20 Å². The minimum Gasteiger partial charge on any atom is -0.314 e. The number of hydrogen-bond donors (Lipinski definition) is 2. The summed E-state index contributed by atoms with van der Waals surface area (Å²) >= 11 is 0. The molecule has 4 aliphatic rings. The number of nitrogens with one attached hydrogen (secondary N) is 2. The molecular formula is C16H24N4O. The van der Waals surface area contributed by atoms with Gasteiger partial charge in [0, 0.05) is 49.4 Å². The lowest BCUT2D eigenvalue weighted by Gasteiger charge is -2.39. The summed E-state index contributed by atoms with van der Waals surface area (Å²) in [6.45, 7) is 6.54. The number of aryl methyl sites for hydroxylation is 1. The van der Waals surface area contributed by atoms with Crippen molar-refractivity contribution in [3.8, 4) is 0 Å². The molecule has 5 nitrogen and oxygen atoms in total. The van der Waals surface area contributed by atoms with Gasteiger partial charge in [-0.05, 0) is 31.6 Å². The SMILES string of the molecule is CCc1cnc(C23CC(C2)C(N2CCNCC2)C3)[nH]c1=O. The number of rotatable bonds is 3. The highest BCUT2D eigenvalue weighted by Crippen LogP contribution is 2.60. The van der Waals surface area contributed by atoms with Gasteiger partial charge >= 0.3 is 0 Å². The third-order valence-corrected chi connectivity index (χ3v) is 5.83. The maximum atomic E-state index is 12.1. The average Bonchev–Trinajstić information content (AvgIpc) is 3.04. The predicted octanol–water partition coefficient (Wildman–Crippen LogP) is 0.658. The van der Waals surface area contributed by atoms with E-state index in [0.29, 0.717) is 6.04 Å². The largest absolute Gasteiger partial charge is 0.314 e. The van der Waals surface area contributed by atoms with Crippen molar-refractivity contribution in [1.29, 1.82) is 0 Å². The van der Waals surface area contributed by atoms with Crippen molar-refractivity contribution < 1.29 is 0 Å². The Hall–Kier alpha value is -1.20. The number of aromatic amines is 1. The van der Waals surface area contributed by atoms with Crippen LogP contribution in [-0.2, 0) is 11.8 Å². The van der Waals surface area contributed by atoms with Crippen molar-refractivity contribution in [2.45, 2.75) is 44.1 Å². The summed E-state index contributed by atoms with van der Waals surface area (Å²) < 4.78 is 0. The zero-order valence-corrected chi connectivity index (χ0v) is 12.7. The first-order chi connectivity index (χ1) is 10.2. The van der Waals surface area contributed by atoms with Crippen LogP contribution in [0.2, 0.25) is 0 Å². The number of piperazine rings is 1. The molecular weight excluding hydrogens is 264 g/mol. The summed E-state index contributed by atoms with van der Waals surface area (Å²) in [5.74, 6) is 1.75. The highest BCUT2D eigenvalue weighted by atomic mass is 16.1. The Morgan fingerprint density at radius 2 is 2.10 bits per heavy atom. The zero-order chi connectivity index (χ0) is 14.4. The molecule has 2 bridgehead atoms. The molecule has 0 spiro atoms. The summed E-state index contributed by atoms with van der Waals surface area (Å²) in [5, 5.41) is 3.43. The van der Waals surface area contributed by atoms with Gasteiger partial charge in [-0.2, -0.15) is 0 Å². The van der Waals surface area contributed by atoms with Crippen LogP contribution in [-0.4, -0.2) is 47.1 Å². The third kappa shape index (κ3) is 2.06. The molecule has 3 saturated carbocycles. The van der Waals surface area contributed by atoms with Crippen LogP contribution >= 0.6 is 0 Å². The maximum Gasteiger partial charge on any atom is 0.254 e. The van der Waals surface area contributed by atoms with Crippen LogP contribution in [0.5, 0.6) is 0 Å². The average molecular weight is 288 g/mol. The maximum absolute atomic E-state index is 12.1. The molecule has 1 aliphatic heterocycles. The fourth-order valence-corrected chi connectivity index (χ4v) is 4.62. The molecule has 4 fully saturated rings. The number of H-pyrrole nitrogens is 1. The van der Waals surface area contributed by atoms with E-state index >= 15 is 0 Å². The molecule has 1 saturated heterocycles. The van der Waals surface area contributed by atoms with Gasteiger partial charge in [0.1, 0.15) is 5.82 Å². The molecule has 1 aromatic heterocycles. The lowest BCUT2D eigenvalue weighted by Crippen LogP contribution is -2.49. The molecule has 1 unspecified atom stereocenters. The van der Waals surface area contributed by atoms with Crippen molar-refractivity contribution in [2.24, 2.45) is 5.92 Å². The molecule has 3 aliphatic carbocycles. The van der Waals surface area contributed by atoms with Gasteiger partial charge in [0.05, 0.1) is 0 Å². The summed E-state index contributed by atoms with van der Waals surface area (Å²) in [4.78, 5) is 22.4. The monoisotopic (exact) mass is 288 g/mol. The Kier molecular flexibility index (Phi) is 3.15. The van der Waals surface area contributed by atoms with Crippen LogP contribution in [0.15, 0.2) is 11.0 Å². The Bertz CT molecular complexity index is 584. The van der Waals surface area contributed by atoms with Gasteiger partial charge in [-0.15, -0.1) is 0 Å². The molecule has 5 rings (SSSR count). The van der Waals surface area contributed by atoms with Crippen LogP contribution in [0.25, 0.3) is 0 Å². The Balaban J connectivity index is 1.55.